The van der Waals surface area contributed by atoms with E-state index in [1.54, 1.807) is 0 Å². The number of aliphatic carboxylic acids is 1. The normalized spacial score (nSPS) is 13.6. The molecule has 0 bridgehead atoms. The molecular formula is C10H24N2O5Si. The first-order chi connectivity index (χ1) is 8.49. The molecule has 0 fully saturated rings. The largest absolute Gasteiger partial charge is 0.500 e. The Balaban J connectivity index is 4.19. The van der Waals surface area contributed by atoms with Gasteiger partial charge in [-0.05, 0) is 19.4 Å². The molecule has 0 aliphatic carbocycles. The highest BCUT2D eigenvalue weighted by atomic mass is 28.4. The molecule has 0 amide bonds. The first-order valence-corrected chi connectivity index (χ1v) is 7.84. The highest BCUT2D eigenvalue weighted by Gasteiger charge is 2.38. The Morgan fingerprint density at radius 1 is 1.39 bits per heavy atom. The van der Waals surface area contributed by atoms with Gasteiger partial charge in [-0.1, -0.05) is 0 Å². The Bertz CT molecular complexity index is 238. The van der Waals surface area contributed by atoms with Crippen LogP contribution in [0, 0.1) is 0 Å². The van der Waals surface area contributed by atoms with Crippen molar-refractivity contribution in [2.45, 2.75) is 31.3 Å². The number of carbonyl (C=O) groups is 1. The van der Waals surface area contributed by atoms with Crippen molar-refractivity contribution in [1.82, 2.24) is 0 Å². The number of hydrogen-bond acceptors (Lipinski definition) is 6. The minimum Gasteiger partial charge on any atom is -0.481 e. The minimum atomic E-state index is -2.72. The molecule has 0 saturated heterocycles. The highest BCUT2D eigenvalue weighted by molar-refractivity contribution is 6.60. The van der Waals surface area contributed by atoms with Gasteiger partial charge in [-0.3, -0.25) is 4.79 Å². The van der Waals surface area contributed by atoms with Crippen molar-refractivity contribution >= 4 is 14.8 Å². The lowest BCUT2D eigenvalue weighted by molar-refractivity contribution is -0.137. The van der Waals surface area contributed by atoms with Gasteiger partial charge in [-0.2, -0.15) is 0 Å². The molecule has 0 radical (unpaired) electrons. The standard InChI is InChI=1S/C10H24N2O5Si/c1-15-18(16-2,17-6-3-5-11)7-4-9(12)8-10(13)14/h9H,3-8,11-12H2,1-2H3,(H,13,14). The number of nitrogens with two attached hydrogens (primary N) is 2. The Hall–Kier alpha value is -0.513. The van der Waals surface area contributed by atoms with E-state index in [-0.39, 0.29) is 6.42 Å². The van der Waals surface area contributed by atoms with Crippen molar-refractivity contribution in [2.75, 3.05) is 27.4 Å². The van der Waals surface area contributed by atoms with E-state index in [0.717, 1.165) is 6.42 Å². The molecule has 5 N–H and O–H groups in total. The van der Waals surface area contributed by atoms with Gasteiger partial charge in [0, 0.05) is 32.9 Å². The van der Waals surface area contributed by atoms with Crippen molar-refractivity contribution in [3.8, 4) is 0 Å². The Kier molecular flexibility index (Phi) is 9.15. The maximum absolute atomic E-state index is 10.5. The summed E-state index contributed by atoms with van der Waals surface area (Å²) in [5, 5.41) is 8.62. The number of carboxylic acids is 1. The summed E-state index contributed by atoms with van der Waals surface area (Å²) in [6, 6.07) is 0.0803. The molecule has 7 nitrogen and oxygen atoms in total. The summed E-state index contributed by atoms with van der Waals surface area (Å²) in [5.41, 5.74) is 11.1. The fourth-order valence-corrected chi connectivity index (χ4v) is 3.61. The van der Waals surface area contributed by atoms with Gasteiger partial charge in [-0.15, -0.1) is 0 Å². The molecule has 0 saturated carbocycles. The maximum atomic E-state index is 10.5. The van der Waals surface area contributed by atoms with E-state index >= 15 is 0 Å². The first-order valence-electron chi connectivity index (χ1n) is 5.91. The van der Waals surface area contributed by atoms with Crippen LogP contribution in [0.4, 0.5) is 0 Å². The monoisotopic (exact) mass is 280 g/mol. The van der Waals surface area contributed by atoms with Crippen LogP contribution in [0.3, 0.4) is 0 Å². The molecule has 18 heavy (non-hydrogen) atoms. The minimum absolute atomic E-state index is 0.0687. The van der Waals surface area contributed by atoms with Crippen LogP contribution in [0.25, 0.3) is 0 Å². The summed E-state index contributed by atoms with van der Waals surface area (Å²) in [5.74, 6) is -0.909. The van der Waals surface area contributed by atoms with E-state index in [1.165, 1.54) is 14.2 Å². The van der Waals surface area contributed by atoms with Gasteiger partial charge in [0.15, 0.2) is 0 Å². The van der Waals surface area contributed by atoms with Crippen LogP contribution >= 0.6 is 0 Å². The van der Waals surface area contributed by atoms with Crippen LogP contribution in [0.2, 0.25) is 6.04 Å². The lowest BCUT2D eigenvalue weighted by Crippen LogP contribution is -2.45. The fraction of sp³-hybridized carbons (Fsp3) is 0.900. The molecule has 108 valence electrons. The third-order valence-electron chi connectivity index (χ3n) is 2.55. The van der Waals surface area contributed by atoms with Crippen molar-refractivity contribution in [3.63, 3.8) is 0 Å². The van der Waals surface area contributed by atoms with Crippen molar-refractivity contribution in [1.29, 1.82) is 0 Å². The molecule has 8 heteroatoms. The molecular weight excluding hydrogens is 256 g/mol. The van der Waals surface area contributed by atoms with Crippen molar-refractivity contribution < 1.29 is 23.2 Å². The molecule has 0 aromatic carbocycles. The summed E-state index contributed by atoms with van der Waals surface area (Å²) in [4.78, 5) is 10.5. The van der Waals surface area contributed by atoms with Gasteiger partial charge in [0.2, 0.25) is 0 Å². The molecule has 0 aromatic rings. The lowest BCUT2D eigenvalue weighted by Gasteiger charge is -2.27. The lowest BCUT2D eigenvalue weighted by atomic mass is 10.2. The Labute approximate surface area is 109 Å². The number of carboxylic acid groups (broad SMARTS) is 1. The highest BCUT2D eigenvalue weighted by Crippen LogP contribution is 2.18. The van der Waals surface area contributed by atoms with Gasteiger partial charge in [0.05, 0.1) is 6.42 Å². The van der Waals surface area contributed by atoms with E-state index in [9.17, 15) is 4.79 Å². The summed E-state index contributed by atoms with van der Waals surface area (Å²) < 4.78 is 16.3. The third kappa shape index (κ3) is 7.04. The van der Waals surface area contributed by atoms with Crippen molar-refractivity contribution in [2.24, 2.45) is 11.5 Å². The van der Waals surface area contributed by atoms with Gasteiger partial charge in [-0.25, -0.2) is 0 Å². The molecule has 0 spiro atoms. The quantitative estimate of drug-likeness (QED) is 0.353. The second-order valence-electron chi connectivity index (χ2n) is 3.98. The van der Waals surface area contributed by atoms with Gasteiger partial charge < -0.3 is 29.9 Å². The molecule has 0 rings (SSSR count). The van der Waals surface area contributed by atoms with Crippen LogP contribution in [0.15, 0.2) is 0 Å². The molecule has 0 aromatic heterocycles. The second-order valence-corrected chi connectivity index (χ2v) is 6.95. The van der Waals surface area contributed by atoms with E-state index in [0.29, 0.717) is 25.6 Å². The van der Waals surface area contributed by atoms with Gasteiger partial charge >= 0.3 is 14.8 Å². The zero-order valence-corrected chi connectivity index (χ0v) is 12.1. The number of rotatable bonds is 11. The molecule has 0 aliphatic heterocycles. The van der Waals surface area contributed by atoms with Crippen LogP contribution < -0.4 is 11.5 Å². The summed E-state index contributed by atoms with van der Waals surface area (Å²) >= 11 is 0. The third-order valence-corrected chi connectivity index (χ3v) is 5.34. The topological polar surface area (TPSA) is 117 Å². The van der Waals surface area contributed by atoms with E-state index in [2.05, 4.69) is 0 Å². The predicted molar refractivity (Wildman–Crippen MR) is 69.0 cm³/mol. The summed E-state index contributed by atoms with van der Waals surface area (Å²) in [6.45, 7) is 1.01. The van der Waals surface area contributed by atoms with Crippen LogP contribution in [0.5, 0.6) is 0 Å². The molecule has 1 atom stereocenters. The zero-order chi connectivity index (χ0) is 14.0. The molecule has 0 heterocycles. The maximum Gasteiger partial charge on any atom is 0.500 e. The van der Waals surface area contributed by atoms with Crippen LogP contribution in [-0.2, 0) is 18.1 Å². The SMILES string of the molecule is CO[Si](CCC(N)CC(=O)O)(OC)OCCCN. The van der Waals surface area contributed by atoms with Gasteiger partial charge in [0.25, 0.3) is 0 Å². The van der Waals surface area contributed by atoms with Crippen LogP contribution in [-0.4, -0.2) is 53.3 Å². The smallest absolute Gasteiger partial charge is 0.481 e. The van der Waals surface area contributed by atoms with Crippen LogP contribution in [0.1, 0.15) is 19.3 Å². The van der Waals surface area contributed by atoms with Gasteiger partial charge in [0.1, 0.15) is 0 Å². The Morgan fingerprint density at radius 2 is 2.00 bits per heavy atom. The molecule has 1 unspecified atom stereocenters. The molecule has 0 aliphatic rings. The fourth-order valence-electron chi connectivity index (χ4n) is 1.48. The second kappa shape index (κ2) is 9.42. The predicted octanol–water partition coefficient (Wildman–Crippen LogP) is -0.224. The number of hydrogen-bond donors (Lipinski definition) is 3. The average molecular weight is 280 g/mol. The first kappa shape index (κ1) is 17.5. The average Bonchev–Trinajstić information content (AvgIpc) is 2.33. The van der Waals surface area contributed by atoms with Crippen molar-refractivity contribution in [3.05, 3.63) is 0 Å². The zero-order valence-electron chi connectivity index (χ0n) is 11.1. The summed E-state index contributed by atoms with van der Waals surface area (Å²) in [7, 11) is 0.334. The Morgan fingerprint density at radius 3 is 2.44 bits per heavy atom. The van der Waals surface area contributed by atoms with E-state index < -0.39 is 20.8 Å². The summed E-state index contributed by atoms with van der Waals surface area (Å²) in [6.07, 6.45) is 1.15. The van der Waals surface area contributed by atoms with E-state index in [1.807, 2.05) is 0 Å². The van der Waals surface area contributed by atoms with E-state index in [4.69, 9.17) is 29.9 Å².